The van der Waals surface area contributed by atoms with Crippen LogP contribution in [-0.2, 0) is 18.4 Å². The Hall–Kier alpha value is -0.680. The summed E-state index contributed by atoms with van der Waals surface area (Å²) in [4.78, 5) is 22.5. The lowest BCUT2D eigenvalue weighted by Crippen LogP contribution is -2.47. The second-order valence-electron chi connectivity index (χ2n) is 5.08. The first-order chi connectivity index (χ1) is 7.99. The fourth-order valence-electron chi connectivity index (χ4n) is 1.27. The summed E-state index contributed by atoms with van der Waals surface area (Å²) in [7, 11) is 1.20. The number of likely N-dealkylation sites (N-methyl/N-ethyl adjacent to an activating group) is 1. The Balaban J connectivity index is 4.47. The second kappa shape index (κ2) is 6.48. The van der Waals surface area contributed by atoms with Gasteiger partial charge >= 0.3 is 13.8 Å². The zero-order valence-corrected chi connectivity index (χ0v) is 12.5. The number of hydrogen-bond donors (Lipinski definition) is 0. The van der Waals surface area contributed by atoms with Crippen LogP contribution in [0.4, 0.5) is 0 Å². The fraction of sp³-hybridized carbons (Fsp3) is 0.727. The number of carbonyl (C=O) groups excluding carboxylic acids is 1. The van der Waals surface area contributed by atoms with E-state index in [4.69, 9.17) is 4.52 Å². The highest BCUT2D eigenvalue weighted by atomic mass is 31.2. The van der Waals surface area contributed by atoms with E-state index in [1.807, 2.05) is 28.1 Å². The zero-order chi connectivity index (χ0) is 14.6. The Morgan fingerprint density at radius 2 is 1.94 bits per heavy atom. The minimum absolute atomic E-state index is 0.00388. The lowest BCUT2D eigenvalue weighted by molar-refractivity contribution is -0.896. The van der Waals surface area contributed by atoms with Crippen LogP contribution in [0, 0.1) is 0 Å². The maximum Gasteiger partial charge on any atom is 0.338 e. The van der Waals surface area contributed by atoms with Crippen LogP contribution in [0.25, 0.3) is 0 Å². The van der Waals surface area contributed by atoms with E-state index in [9.17, 15) is 14.3 Å². The molecule has 106 valence electrons. The van der Waals surface area contributed by atoms with Crippen molar-refractivity contribution in [2.24, 2.45) is 0 Å². The summed E-state index contributed by atoms with van der Waals surface area (Å²) in [6, 6.07) is -0.00388. The molecule has 0 aromatic rings. The minimum atomic E-state index is -4.61. The summed E-state index contributed by atoms with van der Waals surface area (Å²) in [5.74, 6) is -0.994. The van der Waals surface area contributed by atoms with Crippen molar-refractivity contribution >= 4 is 13.8 Å². The summed E-state index contributed by atoms with van der Waals surface area (Å²) in [5, 5.41) is 0. The van der Waals surface area contributed by atoms with E-state index in [-0.39, 0.29) is 18.2 Å². The number of phosphoric ester groups is 1. The van der Waals surface area contributed by atoms with Crippen LogP contribution in [0.3, 0.4) is 0 Å². The maximum atomic E-state index is 11.4. The van der Waals surface area contributed by atoms with E-state index in [2.05, 4.69) is 11.1 Å². The lowest BCUT2D eigenvalue weighted by atomic mass is 10.2. The van der Waals surface area contributed by atoms with E-state index in [0.29, 0.717) is 4.48 Å². The standard InChI is InChI=1S/C11H22NO5P/c1-7-10(12(4,5)6)8-16-18(14,15)17-11(13)9(2)3/h10H,2,7-8H2,1,3-6H3. The Kier molecular flexibility index (Phi) is 6.23. The Labute approximate surface area is 108 Å². The van der Waals surface area contributed by atoms with E-state index in [1.54, 1.807) is 0 Å². The predicted octanol–water partition coefficient (Wildman–Crippen LogP) is 1.08. The van der Waals surface area contributed by atoms with Gasteiger partial charge in [0.25, 0.3) is 0 Å². The van der Waals surface area contributed by atoms with Gasteiger partial charge in [0, 0.05) is 5.57 Å². The van der Waals surface area contributed by atoms with Gasteiger partial charge in [-0.25, -0.2) is 4.79 Å². The van der Waals surface area contributed by atoms with E-state index < -0.39 is 13.8 Å². The van der Waals surface area contributed by atoms with Crippen LogP contribution in [0.1, 0.15) is 20.3 Å². The summed E-state index contributed by atoms with van der Waals surface area (Å²) in [6.07, 6.45) is 0.748. The van der Waals surface area contributed by atoms with Crippen molar-refractivity contribution < 1.29 is 27.8 Å². The summed E-state index contributed by atoms with van der Waals surface area (Å²) < 4.78 is 20.9. The highest BCUT2D eigenvalue weighted by Gasteiger charge is 2.25. The first-order valence-electron chi connectivity index (χ1n) is 5.65. The SMILES string of the molecule is C=C(C)C(=O)OP(=O)([O-])OCC(CC)[N+](C)(C)C. The quantitative estimate of drug-likeness (QED) is 0.396. The van der Waals surface area contributed by atoms with Gasteiger partial charge in [-0.2, -0.15) is 0 Å². The largest absolute Gasteiger partial charge is 0.746 e. The minimum Gasteiger partial charge on any atom is -0.746 e. The summed E-state index contributed by atoms with van der Waals surface area (Å²) in [5.41, 5.74) is 0.00770. The molecule has 0 fully saturated rings. The molecular weight excluding hydrogens is 257 g/mol. The molecule has 0 bridgehead atoms. The molecule has 0 aliphatic heterocycles. The third-order valence-electron chi connectivity index (χ3n) is 2.53. The lowest BCUT2D eigenvalue weighted by Gasteiger charge is -2.34. The molecule has 0 aromatic carbocycles. The average Bonchev–Trinajstić information content (AvgIpc) is 2.15. The summed E-state index contributed by atoms with van der Waals surface area (Å²) in [6.45, 7) is 6.58. The van der Waals surface area contributed by atoms with Crippen molar-refractivity contribution in [3.8, 4) is 0 Å². The van der Waals surface area contributed by atoms with Crippen molar-refractivity contribution in [3.63, 3.8) is 0 Å². The van der Waals surface area contributed by atoms with Crippen LogP contribution in [0.2, 0.25) is 0 Å². The number of rotatable bonds is 7. The molecule has 0 spiro atoms. The van der Waals surface area contributed by atoms with Gasteiger partial charge in [0.1, 0.15) is 12.6 Å². The van der Waals surface area contributed by atoms with Gasteiger partial charge < -0.3 is 18.4 Å². The highest BCUT2D eigenvalue weighted by molar-refractivity contribution is 7.46. The highest BCUT2D eigenvalue weighted by Crippen LogP contribution is 2.39. The smallest absolute Gasteiger partial charge is 0.338 e. The Morgan fingerprint density at radius 1 is 1.44 bits per heavy atom. The molecule has 0 rings (SSSR count). The Morgan fingerprint density at radius 3 is 2.28 bits per heavy atom. The van der Waals surface area contributed by atoms with Gasteiger partial charge in [-0.05, 0) is 13.3 Å². The summed E-state index contributed by atoms with van der Waals surface area (Å²) >= 11 is 0. The molecule has 0 amide bonds. The maximum absolute atomic E-state index is 11.4. The van der Waals surface area contributed by atoms with Crippen molar-refractivity contribution in [2.75, 3.05) is 27.7 Å². The molecule has 0 saturated carbocycles. The molecule has 0 aliphatic rings. The average molecular weight is 279 g/mol. The van der Waals surface area contributed by atoms with Crippen LogP contribution < -0.4 is 4.89 Å². The topological polar surface area (TPSA) is 75.7 Å². The third-order valence-corrected chi connectivity index (χ3v) is 3.39. The molecule has 0 radical (unpaired) electrons. The number of hydrogen-bond acceptors (Lipinski definition) is 5. The van der Waals surface area contributed by atoms with E-state index >= 15 is 0 Å². The molecule has 6 nitrogen and oxygen atoms in total. The van der Waals surface area contributed by atoms with Crippen LogP contribution in [0.15, 0.2) is 12.2 Å². The van der Waals surface area contributed by atoms with Gasteiger partial charge in [0.05, 0.1) is 21.1 Å². The molecule has 18 heavy (non-hydrogen) atoms. The molecule has 7 heteroatoms. The van der Waals surface area contributed by atoms with E-state index in [0.717, 1.165) is 6.42 Å². The van der Waals surface area contributed by atoms with Gasteiger partial charge in [-0.3, -0.25) is 4.57 Å². The van der Waals surface area contributed by atoms with Crippen molar-refractivity contribution in [1.29, 1.82) is 0 Å². The molecule has 0 heterocycles. The van der Waals surface area contributed by atoms with Crippen molar-refractivity contribution in [3.05, 3.63) is 12.2 Å². The van der Waals surface area contributed by atoms with Gasteiger partial charge in [0.2, 0.25) is 0 Å². The number of phosphoric acid groups is 1. The molecule has 2 unspecified atom stereocenters. The first kappa shape index (κ1) is 17.3. The second-order valence-corrected chi connectivity index (χ2v) is 6.42. The third kappa shape index (κ3) is 6.31. The molecule has 2 atom stereocenters. The van der Waals surface area contributed by atoms with Crippen molar-refractivity contribution in [2.45, 2.75) is 26.3 Å². The van der Waals surface area contributed by atoms with Crippen LogP contribution >= 0.6 is 7.82 Å². The molecule has 0 saturated heterocycles. The number of quaternary nitrogens is 1. The zero-order valence-electron chi connectivity index (χ0n) is 11.6. The van der Waals surface area contributed by atoms with Gasteiger partial charge in [0.15, 0.2) is 0 Å². The molecule has 0 aliphatic carbocycles. The van der Waals surface area contributed by atoms with Gasteiger partial charge in [-0.15, -0.1) is 0 Å². The van der Waals surface area contributed by atoms with Crippen LogP contribution in [0.5, 0.6) is 0 Å². The molecular formula is C11H22NO5P. The predicted molar refractivity (Wildman–Crippen MR) is 66.6 cm³/mol. The Bertz CT molecular complexity index is 361. The normalized spacial score (nSPS) is 16.8. The van der Waals surface area contributed by atoms with E-state index in [1.165, 1.54) is 6.92 Å². The number of nitrogens with zero attached hydrogens (tertiary/aromatic N) is 1. The van der Waals surface area contributed by atoms with Crippen LogP contribution in [-0.4, -0.2) is 44.2 Å². The fourth-order valence-corrected chi connectivity index (χ4v) is 2.04. The number of carbonyl (C=O) groups is 1. The van der Waals surface area contributed by atoms with Gasteiger partial charge in [-0.1, -0.05) is 13.5 Å². The molecule has 0 aromatic heterocycles. The monoisotopic (exact) mass is 279 g/mol. The van der Waals surface area contributed by atoms with Crippen molar-refractivity contribution in [1.82, 2.24) is 0 Å². The molecule has 0 N–H and O–H groups in total. The first-order valence-corrected chi connectivity index (χ1v) is 7.11.